The molecule has 0 aliphatic rings. The van der Waals surface area contributed by atoms with E-state index in [1.807, 2.05) is 6.07 Å². The van der Waals surface area contributed by atoms with Crippen LogP contribution in [0, 0.1) is 10.1 Å². The van der Waals surface area contributed by atoms with Crippen LogP contribution >= 0.6 is 0 Å². The molecule has 1 N–H and O–H groups in total. The highest BCUT2D eigenvalue weighted by Crippen LogP contribution is 2.36. The van der Waals surface area contributed by atoms with E-state index in [0.29, 0.717) is 22.9 Å². The highest BCUT2D eigenvalue weighted by molar-refractivity contribution is 5.73. The number of nitro groups is 1. The summed E-state index contributed by atoms with van der Waals surface area (Å²) < 4.78 is 10.5. The molecule has 0 fully saturated rings. The van der Waals surface area contributed by atoms with E-state index >= 15 is 0 Å². The lowest BCUT2D eigenvalue weighted by Crippen LogP contribution is -1.98. The van der Waals surface area contributed by atoms with Crippen molar-refractivity contribution in [1.29, 1.82) is 0 Å². The van der Waals surface area contributed by atoms with Crippen LogP contribution in [0.2, 0.25) is 0 Å². The molecule has 6 heteroatoms. The van der Waals surface area contributed by atoms with Crippen LogP contribution in [-0.4, -0.2) is 19.1 Å². The number of rotatable bonds is 5. The molecule has 0 saturated heterocycles. The van der Waals surface area contributed by atoms with Crippen LogP contribution in [-0.2, 0) is 0 Å². The molecule has 0 spiro atoms. The number of anilines is 2. The fourth-order valence-corrected chi connectivity index (χ4v) is 1.79. The van der Waals surface area contributed by atoms with E-state index in [1.54, 1.807) is 38.5 Å². The molecule has 104 valence electrons. The van der Waals surface area contributed by atoms with Gasteiger partial charge in [-0.2, -0.15) is 0 Å². The summed E-state index contributed by atoms with van der Waals surface area (Å²) in [6.45, 7) is 0. The lowest BCUT2D eigenvalue weighted by Gasteiger charge is -2.14. The molecule has 0 aromatic heterocycles. The third-order valence-corrected chi connectivity index (χ3v) is 2.78. The normalized spacial score (nSPS) is 9.90. The molecule has 0 atom stereocenters. The van der Waals surface area contributed by atoms with Crippen molar-refractivity contribution in [3.8, 4) is 11.5 Å². The standard InChI is InChI=1S/C14H14N2O4/c1-19-12-4-3-5-13(20-2)14(12)15-10-6-8-11(9-7-10)16(17)18/h3-9,15H,1-2H3. The van der Waals surface area contributed by atoms with Crippen molar-refractivity contribution in [2.45, 2.75) is 0 Å². The van der Waals surface area contributed by atoms with Crippen LogP contribution in [0.25, 0.3) is 0 Å². The topological polar surface area (TPSA) is 73.6 Å². The van der Waals surface area contributed by atoms with Crippen molar-refractivity contribution >= 4 is 17.1 Å². The van der Waals surface area contributed by atoms with Gasteiger partial charge in [0.1, 0.15) is 17.2 Å². The number of nitrogens with one attached hydrogen (secondary N) is 1. The van der Waals surface area contributed by atoms with E-state index in [0.717, 1.165) is 0 Å². The highest BCUT2D eigenvalue weighted by Gasteiger charge is 2.11. The van der Waals surface area contributed by atoms with Crippen LogP contribution < -0.4 is 14.8 Å². The van der Waals surface area contributed by atoms with Gasteiger partial charge in [0.25, 0.3) is 5.69 Å². The van der Waals surface area contributed by atoms with Crippen molar-refractivity contribution in [2.75, 3.05) is 19.5 Å². The molecule has 2 aromatic rings. The molecule has 20 heavy (non-hydrogen) atoms. The average Bonchev–Trinajstić information content (AvgIpc) is 2.48. The number of para-hydroxylation sites is 1. The van der Waals surface area contributed by atoms with Gasteiger partial charge in [-0.3, -0.25) is 10.1 Å². The summed E-state index contributed by atoms with van der Waals surface area (Å²) in [5, 5.41) is 13.8. The van der Waals surface area contributed by atoms with Crippen LogP contribution in [0.15, 0.2) is 42.5 Å². The summed E-state index contributed by atoms with van der Waals surface area (Å²) in [5.41, 5.74) is 1.42. The second kappa shape index (κ2) is 5.92. The lowest BCUT2D eigenvalue weighted by molar-refractivity contribution is -0.384. The smallest absolute Gasteiger partial charge is 0.269 e. The quantitative estimate of drug-likeness (QED) is 0.668. The third-order valence-electron chi connectivity index (χ3n) is 2.78. The number of methoxy groups -OCH3 is 2. The summed E-state index contributed by atoms with van der Waals surface area (Å²) in [6.07, 6.45) is 0. The van der Waals surface area contributed by atoms with Crippen molar-refractivity contribution in [2.24, 2.45) is 0 Å². The first kappa shape index (κ1) is 13.7. The molecule has 0 heterocycles. The molecular formula is C14H14N2O4. The van der Waals surface area contributed by atoms with Gasteiger partial charge in [0.05, 0.1) is 19.1 Å². The molecule has 0 unspecified atom stereocenters. The van der Waals surface area contributed by atoms with Crippen molar-refractivity contribution < 1.29 is 14.4 Å². The molecule has 0 bridgehead atoms. The zero-order valence-corrected chi connectivity index (χ0v) is 11.1. The van der Waals surface area contributed by atoms with Gasteiger partial charge in [-0.05, 0) is 24.3 Å². The summed E-state index contributed by atoms with van der Waals surface area (Å²) in [5.74, 6) is 1.26. The predicted octanol–water partition coefficient (Wildman–Crippen LogP) is 3.36. The fraction of sp³-hybridized carbons (Fsp3) is 0.143. The van der Waals surface area contributed by atoms with Crippen LogP contribution in [0.1, 0.15) is 0 Å². The van der Waals surface area contributed by atoms with E-state index in [4.69, 9.17) is 9.47 Å². The zero-order valence-electron chi connectivity index (χ0n) is 11.1. The molecule has 6 nitrogen and oxygen atoms in total. The first-order valence-electron chi connectivity index (χ1n) is 5.88. The Morgan fingerprint density at radius 1 is 1.00 bits per heavy atom. The minimum absolute atomic E-state index is 0.0440. The van der Waals surface area contributed by atoms with Gasteiger partial charge in [0, 0.05) is 17.8 Å². The zero-order chi connectivity index (χ0) is 14.5. The Labute approximate surface area is 116 Å². The average molecular weight is 274 g/mol. The van der Waals surface area contributed by atoms with E-state index in [1.165, 1.54) is 12.1 Å². The molecule has 0 aliphatic heterocycles. The Morgan fingerprint density at radius 3 is 2.00 bits per heavy atom. The number of nitrogens with zero attached hydrogens (tertiary/aromatic N) is 1. The largest absolute Gasteiger partial charge is 0.494 e. The third kappa shape index (κ3) is 2.80. The van der Waals surface area contributed by atoms with Crippen molar-refractivity contribution in [1.82, 2.24) is 0 Å². The second-order valence-electron chi connectivity index (χ2n) is 3.97. The maximum Gasteiger partial charge on any atom is 0.269 e. The molecule has 0 radical (unpaired) electrons. The number of hydrogen-bond donors (Lipinski definition) is 1. The Balaban J connectivity index is 2.31. The molecule has 2 rings (SSSR count). The Morgan fingerprint density at radius 2 is 1.55 bits per heavy atom. The first-order valence-corrected chi connectivity index (χ1v) is 5.88. The Bertz CT molecular complexity index is 589. The highest BCUT2D eigenvalue weighted by atomic mass is 16.6. The van der Waals surface area contributed by atoms with Gasteiger partial charge in [-0.1, -0.05) is 6.07 Å². The number of nitro benzene ring substituents is 1. The molecular weight excluding hydrogens is 260 g/mol. The summed E-state index contributed by atoms with van der Waals surface area (Å²) in [6, 6.07) is 11.5. The second-order valence-corrected chi connectivity index (χ2v) is 3.97. The monoisotopic (exact) mass is 274 g/mol. The maximum atomic E-state index is 10.6. The number of ether oxygens (including phenoxy) is 2. The van der Waals surface area contributed by atoms with Gasteiger partial charge >= 0.3 is 0 Å². The van der Waals surface area contributed by atoms with Crippen LogP contribution in [0.3, 0.4) is 0 Å². The number of non-ortho nitro benzene ring substituents is 1. The predicted molar refractivity (Wildman–Crippen MR) is 75.9 cm³/mol. The van der Waals surface area contributed by atoms with Gasteiger partial charge < -0.3 is 14.8 Å². The summed E-state index contributed by atoms with van der Waals surface area (Å²) in [4.78, 5) is 10.2. The maximum absolute atomic E-state index is 10.6. The Hall–Kier alpha value is -2.76. The van der Waals surface area contributed by atoms with E-state index in [2.05, 4.69) is 5.32 Å². The van der Waals surface area contributed by atoms with E-state index < -0.39 is 4.92 Å². The van der Waals surface area contributed by atoms with Gasteiger partial charge in [-0.25, -0.2) is 0 Å². The van der Waals surface area contributed by atoms with Crippen LogP contribution in [0.5, 0.6) is 11.5 Å². The molecule has 2 aromatic carbocycles. The van der Waals surface area contributed by atoms with Crippen molar-refractivity contribution in [3.05, 3.63) is 52.6 Å². The minimum Gasteiger partial charge on any atom is -0.494 e. The van der Waals surface area contributed by atoms with Crippen molar-refractivity contribution in [3.63, 3.8) is 0 Å². The van der Waals surface area contributed by atoms with Gasteiger partial charge in [-0.15, -0.1) is 0 Å². The van der Waals surface area contributed by atoms with Gasteiger partial charge in [0.15, 0.2) is 0 Å². The van der Waals surface area contributed by atoms with E-state index in [-0.39, 0.29) is 5.69 Å². The minimum atomic E-state index is -0.437. The van der Waals surface area contributed by atoms with Gasteiger partial charge in [0.2, 0.25) is 0 Å². The lowest BCUT2D eigenvalue weighted by atomic mass is 10.2. The summed E-state index contributed by atoms with van der Waals surface area (Å²) in [7, 11) is 3.13. The van der Waals surface area contributed by atoms with E-state index in [9.17, 15) is 10.1 Å². The Kier molecular flexibility index (Phi) is 4.05. The van der Waals surface area contributed by atoms with Crippen LogP contribution in [0.4, 0.5) is 17.1 Å². The molecule has 0 aliphatic carbocycles. The first-order chi connectivity index (χ1) is 9.65. The summed E-state index contributed by atoms with van der Waals surface area (Å²) >= 11 is 0. The number of benzene rings is 2. The molecule has 0 amide bonds. The fourth-order valence-electron chi connectivity index (χ4n) is 1.79. The molecule has 0 saturated carbocycles. The number of hydrogen-bond acceptors (Lipinski definition) is 5. The SMILES string of the molecule is COc1cccc(OC)c1Nc1ccc([N+](=O)[O-])cc1.